The van der Waals surface area contributed by atoms with Crippen LogP contribution in [0, 0.1) is 0 Å². The molecule has 9 heteroatoms. The van der Waals surface area contributed by atoms with Gasteiger partial charge in [-0.25, -0.2) is 4.79 Å². The molecular weight excluding hydrogens is 342 g/mol. The van der Waals surface area contributed by atoms with Gasteiger partial charge >= 0.3 is 5.97 Å². The highest BCUT2D eigenvalue weighted by molar-refractivity contribution is 5.96. The number of nitrogens with zero attached hydrogens (tertiary/aromatic N) is 3. The molecule has 1 aromatic heterocycles. The predicted octanol–water partition coefficient (Wildman–Crippen LogP) is 1.14. The maximum atomic E-state index is 12.6. The summed E-state index contributed by atoms with van der Waals surface area (Å²) >= 11 is 0. The van der Waals surface area contributed by atoms with Gasteiger partial charge in [0.1, 0.15) is 5.75 Å². The second-order valence-electron chi connectivity index (χ2n) is 5.70. The van der Waals surface area contributed by atoms with Gasteiger partial charge in [-0.05, 0) is 24.3 Å². The molecule has 138 valence electrons. The number of carbonyl (C=O) groups excluding carboxylic acids is 1. The Morgan fingerprint density at radius 2 is 2.12 bits per heavy atom. The zero-order chi connectivity index (χ0) is 18.5. The van der Waals surface area contributed by atoms with Crippen molar-refractivity contribution in [1.82, 2.24) is 15.0 Å². The fraction of sp³-hybridized carbons (Fsp3) is 0.412. The molecule has 1 aromatic carbocycles. The molecule has 0 aliphatic carbocycles. The number of rotatable bonds is 6. The van der Waals surface area contributed by atoms with Crippen molar-refractivity contribution in [2.45, 2.75) is 26.0 Å². The SMILES string of the molecule is CCc1nc(COc2ccc(C(=O)N3CCOC[C@H]3C(=O)O)cc2)no1. The van der Waals surface area contributed by atoms with E-state index in [2.05, 4.69) is 10.1 Å². The fourth-order valence-electron chi connectivity index (χ4n) is 2.55. The van der Waals surface area contributed by atoms with Crippen LogP contribution in [0.5, 0.6) is 5.75 Å². The normalized spacial score (nSPS) is 17.1. The number of amides is 1. The number of hydrogen-bond donors (Lipinski definition) is 1. The van der Waals surface area contributed by atoms with E-state index in [4.69, 9.17) is 14.0 Å². The number of aliphatic carboxylic acids is 1. The lowest BCUT2D eigenvalue weighted by molar-refractivity contribution is -0.147. The molecule has 9 nitrogen and oxygen atoms in total. The Balaban J connectivity index is 1.62. The van der Waals surface area contributed by atoms with E-state index in [0.717, 1.165) is 0 Å². The van der Waals surface area contributed by atoms with E-state index in [-0.39, 0.29) is 25.7 Å². The molecule has 1 amide bonds. The number of morpholine rings is 1. The summed E-state index contributed by atoms with van der Waals surface area (Å²) in [6.07, 6.45) is 0.655. The maximum absolute atomic E-state index is 12.6. The molecule has 26 heavy (non-hydrogen) atoms. The molecule has 0 bridgehead atoms. The summed E-state index contributed by atoms with van der Waals surface area (Å²) in [5.74, 6) is 0.103. The summed E-state index contributed by atoms with van der Waals surface area (Å²) in [6.45, 7) is 2.62. The fourth-order valence-corrected chi connectivity index (χ4v) is 2.55. The number of hydrogen-bond acceptors (Lipinski definition) is 7. The van der Waals surface area contributed by atoms with Crippen LogP contribution in [0.25, 0.3) is 0 Å². The van der Waals surface area contributed by atoms with Gasteiger partial charge in [-0.3, -0.25) is 4.79 Å². The van der Waals surface area contributed by atoms with Crippen molar-refractivity contribution in [1.29, 1.82) is 0 Å². The molecule has 0 spiro atoms. The van der Waals surface area contributed by atoms with Crippen molar-refractivity contribution in [2.75, 3.05) is 19.8 Å². The first kappa shape index (κ1) is 17.9. The van der Waals surface area contributed by atoms with Crippen molar-refractivity contribution in [3.05, 3.63) is 41.5 Å². The van der Waals surface area contributed by atoms with E-state index in [0.29, 0.717) is 36.1 Å². The van der Waals surface area contributed by atoms with Crippen LogP contribution in [0.1, 0.15) is 29.0 Å². The third-order valence-corrected chi connectivity index (χ3v) is 3.96. The van der Waals surface area contributed by atoms with E-state index in [1.54, 1.807) is 24.3 Å². The Morgan fingerprint density at radius 1 is 1.35 bits per heavy atom. The van der Waals surface area contributed by atoms with E-state index in [9.17, 15) is 14.7 Å². The van der Waals surface area contributed by atoms with Crippen LogP contribution in [0.15, 0.2) is 28.8 Å². The molecule has 1 atom stereocenters. The number of aromatic nitrogens is 2. The Morgan fingerprint density at radius 3 is 2.77 bits per heavy atom. The molecule has 0 radical (unpaired) electrons. The Labute approximate surface area is 149 Å². The second-order valence-corrected chi connectivity index (χ2v) is 5.70. The van der Waals surface area contributed by atoms with Crippen LogP contribution in [0.3, 0.4) is 0 Å². The van der Waals surface area contributed by atoms with Crippen molar-refractivity contribution in [2.24, 2.45) is 0 Å². The molecule has 1 aliphatic heterocycles. The molecule has 2 heterocycles. The van der Waals surface area contributed by atoms with Gasteiger partial charge < -0.3 is 24.0 Å². The van der Waals surface area contributed by atoms with Crippen molar-refractivity contribution >= 4 is 11.9 Å². The van der Waals surface area contributed by atoms with E-state index >= 15 is 0 Å². The smallest absolute Gasteiger partial charge is 0.328 e. The molecule has 0 saturated carbocycles. The highest BCUT2D eigenvalue weighted by Crippen LogP contribution is 2.17. The molecule has 2 aromatic rings. The third kappa shape index (κ3) is 3.99. The van der Waals surface area contributed by atoms with E-state index in [1.165, 1.54) is 4.90 Å². The molecule has 0 unspecified atom stereocenters. The van der Waals surface area contributed by atoms with Crippen LogP contribution >= 0.6 is 0 Å². The number of carboxylic acids is 1. The van der Waals surface area contributed by atoms with Crippen molar-refractivity contribution < 1.29 is 28.7 Å². The molecule has 1 aliphatic rings. The summed E-state index contributed by atoms with van der Waals surface area (Å²) in [4.78, 5) is 29.3. The maximum Gasteiger partial charge on any atom is 0.328 e. The Bertz CT molecular complexity index is 773. The first-order valence-corrected chi connectivity index (χ1v) is 8.24. The summed E-state index contributed by atoms with van der Waals surface area (Å²) in [5, 5.41) is 13.0. The molecule has 1 saturated heterocycles. The molecular formula is C17H19N3O6. The van der Waals surface area contributed by atoms with Crippen LogP contribution < -0.4 is 4.74 Å². The van der Waals surface area contributed by atoms with E-state index < -0.39 is 12.0 Å². The summed E-state index contributed by atoms with van der Waals surface area (Å²) < 4.78 is 15.7. The lowest BCUT2D eigenvalue weighted by Crippen LogP contribution is -2.52. The summed E-state index contributed by atoms with van der Waals surface area (Å²) in [6, 6.07) is 5.51. The summed E-state index contributed by atoms with van der Waals surface area (Å²) in [7, 11) is 0. The first-order valence-electron chi connectivity index (χ1n) is 8.24. The third-order valence-electron chi connectivity index (χ3n) is 3.96. The zero-order valence-corrected chi connectivity index (χ0v) is 14.3. The van der Waals surface area contributed by atoms with Crippen molar-refractivity contribution in [3.63, 3.8) is 0 Å². The average molecular weight is 361 g/mol. The van der Waals surface area contributed by atoms with Crippen LogP contribution in [0.4, 0.5) is 0 Å². The monoisotopic (exact) mass is 361 g/mol. The minimum absolute atomic E-state index is 0.00723. The lowest BCUT2D eigenvalue weighted by atomic mass is 10.1. The lowest BCUT2D eigenvalue weighted by Gasteiger charge is -2.32. The Hall–Kier alpha value is -2.94. The number of carboxylic acid groups (broad SMARTS) is 1. The van der Waals surface area contributed by atoms with Crippen LogP contribution in [-0.4, -0.2) is 57.8 Å². The minimum Gasteiger partial charge on any atom is -0.485 e. The van der Waals surface area contributed by atoms with Gasteiger partial charge in [0.25, 0.3) is 5.91 Å². The van der Waals surface area contributed by atoms with Gasteiger partial charge in [-0.2, -0.15) is 4.98 Å². The van der Waals surface area contributed by atoms with Gasteiger partial charge in [-0.15, -0.1) is 0 Å². The highest BCUT2D eigenvalue weighted by Gasteiger charge is 2.33. The van der Waals surface area contributed by atoms with Gasteiger partial charge in [0.15, 0.2) is 12.6 Å². The topological polar surface area (TPSA) is 115 Å². The van der Waals surface area contributed by atoms with Gasteiger partial charge in [0.2, 0.25) is 11.7 Å². The van der Waals surface area contributed by atoms with Gasteiger partial charge in [-0.1, -0.05) is 12.1 Å². The van der Waals surface area contributed by atoms with Crippen LogP contribution in [0.2, 0.25) is 0 Å². The summed E-state index contributed by atoms with van der Waals surface area (Å²) in [5.41, 5.74) is 0.387. The number of ether oxygens (including phenoxy) is 2. The van der Waals surface area contributed by atoms with Crippen molar-refractivity contribution in [3.8, 4) is 5.75 Å². The zero-order valence-electron chi connectivity index (χ0n) is 14.3. The van der Waals surface area contributed by atoms with Gasteiger partial charge in [0.05, 0.1) is 13.2 Å². The van der Waals surface area contributed by atoms with Crippen LogP contribution in [-0.2, 0) is 22.6 Å². The number of aryl methyl sites for hydroxylation is 1. The number of benzene rings is 1. The molecule has 1 fully saturated rings. The quantitative estimate of drug-likeness (QED) is 0.814. The largest absolute Gasteiger partial charge is 0.485 e. The highest BCUT2D eigenvalue weighted by atomic mass is 16.5. The minimum atomic E-state index is -1.08. The predicted molar refractivity (Wildman–Crippen MR) is 87.7 cm³/mol. The molecule has 3 rings (SSSR count). The Kier molecular flexibility index (Phi) is 5.47. The average Bonchev–Trinajstić information content (AvgIpc) is 3.14. The standard InChI is InChI=1S/C17H19N3O6/c1-2-15-18-14(19-26-15)10-25-12-5-3-11(4-6-12)16(21)20-7-8-24-9-13(20)17(22)23/h3-6,13H,2,7-10H2,1H3,(H,22,23)/t13-/m0/s1. The van der Waals surface area contributed by atoms with E-state index in [1.807, 2.05) is 6.92 Å². The van der Waals surface area contributed by atoms with Gasteiger partial charge in [0, 0.05) is 18.5 Å². The molecule has 1 N–H and O–H groups in total. The second kappa shape index (κ2) is 7.96. The number of carbonyl (C=O) groups is 2. The first-order chi connectivity index (χ1) is 12.6.